The van der Waals surface area contributed by atoms with Gasteiger partial charge in [-0.25, -0.2) is 25.0 Å². The predicted molar refractivity (Wildman–Crippen MR) is 321 cm³/mol. The highest BCUT2D eigenvalue weighted by molar-refractivity contribution is 8.37. The number of fused-ring (bicyclic) bond motifs is 3. The van der Waals surface area contributed by atoms with E-state index in [0.29, 0.717) is 17.5 Å². The van der Waals surface area contributed by atoms with Gasteiger partial charge in [0.15, 0.2) is 17.5 Å². The van der Waals surface area contributed by atoms with Crippen molar-refractivity contribution in [3.63, 3.8) is 0 Å². The van der Waals surface area contributed by atoms with Gasteiger partial charge in [-0.05, 0) is 154 Å². The molecule has 75 heavy (non-hydrogen) atoms. The van der Waals surface area contributed by atoms with Crippen molar-refractivity contribution in [2.24, 2.45) is 0 Å². The smallest absolute Gasteiger partial charge is 0.164 e. The molecule has 2 aliphatic carbocycles. The summed E-state index contributed by atoms with van der Waals surface area (Å²) < 4.78 is 2.48. The number of nitrogens with zero attached hydrogens (tertiary/aromatic N) is 4. The van der Waals surface area contributed by atoms with Gasteiger partial charge in [-0.1, -0.05) is 180 Å². The van der Waals surface area contributed by atoms with E-state index in [0.717, 1.165) is 51.6 Å². The second-order valence-corrected chi connectivity index (χ2v) is 28.9. The normalized spacial score (nSPS) is 15.0. The van der Waals surface area contributed by atoms with Crippen molar-refractivity contribution in [2.75, 3.05) is 12.5 Å². The molecule has 374 valence electrons. The molecule has 0 spiro atoms. The predicted octanol–water partition coefficient (Wildman–Crippen LogP) is 19.2. The molecule has 0 aliphatic heterocycles. The molecule has 10 aromatic rings. The van der Waals surface area contributed by atoms with Gasteiger partial charge in [-0.2, -0.15) is 0 Å². The van der Waals surface area contributed by atoms with E-state index >= 15 is 0 Å². The summed E-state index contributed by atoms with van der Waals surface area (Å²) in [7, 11) is -2.84. The zero-order valence-corrected chi connectivity index (χ0v) is 45.6. The average Bonchev–Trinajstić information content (AvgIpc) is 3.81. The van der Waals surface area contributed by atoms with Crippen LogP contribution in [0.5, 0.6) is 0 Å². The molecule has 0 unspecified atom stereocenters. The summed E-state index contributed by atoms with van der Waals surface area (Å²) in [6.07, 6.45) is 20.7. The number of aromatic nitrogens is 4. The van der Waals surface area contributed by atoms with E-state index in [1.807, 2.05) is 6.07 Å². The van der Waals surface area contributed by atoms with Gasteiger partial charge in [0.25, 0.3) is 0 Å². The maximum Gasteiger partial charge on any atom is 0.164 e. The Hall–Kier alpha value is -7.25. The molecule has 0 bridgehead atoms. The van der Waals surface area contributed by atoms with Crippen LogP contribution in [0, 0.1) is 0 Å². The maximum atomic E-state index is 5.29. The minimum absolute atomic E-state index is 0.0228. The summed E-state index contributed by atoms with van der Waals surface area (Å²) in [5, 5.41) is 3.28. The standard InChI is InChI=1S/C69H66N4S2/c1-69(2,3)54-40-42-64-62(47-54)63-48-61(75(57-33-15-8-16-34-57,58-35-17-9-18-36-58)59-37-19-10-20-38-59)41-43-65(63)73(64)55-30-22-27-51(45-55)50-26-21-28-52(44-50)67-70-66(49-24-11-6-12-25-49)71-68(72-67)53-29-23-39-60(46-53)74(4,5)56-31-13-7-14-32-56/h6,8-12,15-19,21-30,33-37,39-48,56H,7,13-14,20,31-32,38H2,1-5H3. The van der Waals surface area contributed by atoms with E-state index in [2.05, 4.69) is 250 Å². The van der Waals surface area contributed by atoms with Crippen molar-refractivity contribution < 1.29 is 0 Å². The molecule has 6 heteroatoms. The largest absolute Gasteiger partial charge is 0.309 e. The van der Waals surface area contributed by atoms with Crippen LogP contribution in [0.15, 0.2) is 243 Å². The lowest BCUT2D eigenvalue weighted by Crippen LogP contribution is -2.20. The van der Waals surface area contributed by atoms with E-state index in [-0.39, 0.29) is 5.41 Å². The average molecular weight is 1020 g/mol. The first-order chi connectivity index (χ1) is 36.6. The van der Waals surface area contributed by atoms with Crippen molar-refractivity contribution in [3.05, 3.63) is 229 Å². The molecule has 0 N–H and O–H groups in total. The zero-order valence-electron chi connectivity index (χ0n) is 43.9. The van der Waals surface area contributed by atoms with Crippen LogP contribution in [-0.4, -0.2) is 37.3 Å². The minimum atomic E-state index is -1.82. The Bertz CT molecular complexity index is 3730. The van der Waals surface area contributed by atoms with Crippen molar-refractivity contribution >= 4 is 41.9 Å². The van der Waals surface area contributed by atoms with Crippen molar-refractivity contribution in [2.45, 2.75) is 96.0 Å². The van der Waals surface area contributed by atoms with Gasteiger partial charge < -0.3 is 4.57 Å². The van der Waals surface area contributed by atoms with Gasteiger partial charge in [-0.3, -0.25) is 0 Å². The molecule has 0 atom stereocenters. The Morgan fingerprint density at radius 2 is 1.00 bits per heavy atom. The van der Waals surface area contributed by atoms with Gasteiger partial charge in [0.2, 0.25) is 0 Å². The summed E-state index contributed by atoms with van der Waals surface area (Å²) in [6, 6.07) is 74.3. The highest BCUT2D eigenvalue weighted by atomic mass is 32.3. The first-order valence-electron chi connectivity index (χ1n) is 26.8. The van der Waals surface area contributed by atoms with Crippen LogP contribution in [0.4, 0.5) is 0 Å². The Balaban J connectivity index is 0.985. The van der Waals surface area contributed by atoms with E-state index in [9.17, 15) is 0 Å². The second-order valence-electron chi connectivity index (χ2n) is 21.8. The molecule has 0 radical (unpaired) electrons. The topological polar surface area (TPSA) is 43.6 Å². The van der Waals surface area contributed by atoms with Crippen molar-refractivity contribution in [1.82, 2.24) is 19.5 Å². The molecular formula is C69H66N4S2. The van der Waals surface area contributed by atoms with Crippen LogP contribution in [0.1, 0.15) is 71.3 Å². The van der Waals surface area contributed by atoms with Gasteiger partial charge >= 0.3 is 0 Å². The van der Waals surface area contributed by atoms with Gasteiger partial charge in [0, 0.05) is 47.8 Å². The highest BCUT2D eigenvalue weighted by Gasteiger charge is 2.36. The van der Waals surface area contributed by atoms with Gasteiger partial charge in [-0.15, -0.1) is 10.0 Å². The van der Waals surface area contributed by atoms with Crippen molar-refractivity contribution in [3.8, 4) is 51.0 Å². The Morgan fingerprint density at radius 3 is 1.64 bits per heavy atom. The Morgan fingerprint density at radius 1 is 0.467 bits per heavy atom. The number of hydrogen-bond acceptors (Lipinski definition) is 3. The summed E-state index contributed by atoms with van der Waals surface area (Å²) in [5.74, 6) is 2.04. The van der Waals surface area contributed by atoms with E-state index < -0.39 is 20.1 Å². The first-order valence-corrected chi connectivity index (χ1v) is 30.9. The molecular weight excluding hydrogens is 949 g/mol. The van der Waals surface area contributed by atoms with Crippen LogP contribution in [0.3, 0.4) is 0 Å². The first kappa shape index (κ1) is 48.7. The summed E-state index contributed by atoms with van der Waals surface area (Å²) >= 11 is 0. The van der Waals surface area contributed by atoms with Crippen LogP contribution in [0.25, 0.3) is 72.8 Å². The fraction of sp³-hybridized carbons (Fsp3) is 0.203. The molecule has 0 saturated heterocycles. The van der Waals surface area contributed by atoms with Gasteiger partial charge in [0.05, 0.1) is 11.0 Å². The third-order valence-corrected chi connectivity index (χ3v) is 23.5. The molecule has 4 nitrogen and oxygen atoms in total. The van der Waals surface area contributed by atoms with Crippen LogP contribution < -0.4 is 0 Å². The zero-order chi connectivity index (χ0) is 51.2. The summed E-state index contributed by atoms with van der Waals surface area (Å²) in [6.45, 7) is 6.95. The fourth-order valence-corrected chi connectivity index (χ4v) is 18.6. The molecule has 0 amide bonds. The molecule has 2 heterocycles. The number of allylic oxidation sites excluding steroid dienone is 4. The van der Waals surface area contributed by atoms with Gasteiger partial charge in [0.1, 0.15) is 0 Å². The highest BCUT2D eigenvalue weighted by Crippen LogP contribution is 2.74. The molecule has 12 rings (SSSR count). The lowest BCUT2D eigenvalue weighted by Gasteiger charge is -2.44. The molecule has 1 saturated carbocycles. The van der Waals surface area contributed by atoms with Crippen LogP contribution in [-0.2, 0) is 5.41 Å². The Kier molecular flexibility index (Phi) is 13.1. The molecule has 2 aromatic heterocycles. The lowest BCUT2D eigenvalue weighted by molar-refractivity contribution is 0.512. The van der Waals surface area contributed by atoms with E-state index in [4.69, 9.17) is 15.0 Å². The summed E-state index contributed by atoms with van der Waals surface area (Å²) in [4.78, 5) is 22.7. The van der Waals surface area contributed by atoms with Crippen LogP contribution in [0.2, 0.25) is 0 Å². The third-order valence-electron chi connectivity index (χ3n) is 15.8. The SMILES string of the molecule is CC(C)(C)c1ccc2c(c1)c1cc(S(C3=CC=CCC3)(c3ccccc3)c3ccccc3)ccc1n2-c1cccc(-c2cccc(-c3nc(-c4ccccc4)nc(-c4cccc(S(C)(C)C5CCCCC5)c4)n3)c2)c1. The summed E-state index contributed by atoms with van der Waals surface area (Å²) in [5.41, 5.74) is 9.99. The quantitative estimate of drug-likeness (QED) is 0.130. The second kappa shape index (κ2) is 20.1. The third kappa shape index (κ3) is 9.16. The lowest BCUT2D eigenvalue weighted by atomic mass is 9.86. The van der Waals surface area contributed by atoms with E-state index in [1.54, 1.807) is 0 Å². The number of benzene rings is 8. The molecule has 2 aliphatic rings. The fourth-order valence-electron chi connectivity index (χ4n) is 11.7. The Labute approximate surface area is 447 Å². The van der Waals surface area contributed by atoms with Crippen LogP contribution >= 0.6 is 20.1 Å². The van der Waals surface area contributed by atoms with Crippen molar-refractivity contribution in [1.29, 1.82) is 0 Å². The minimum Gasteiger partial charge on any atom is -0.309 e. The molecule has 8 aromatic carbocycles. The molecule has 1 fully saturated rings. The monoisotopic (exact) mass is 1010 g/mol. The van der Waals surface area contributed by atoms with E-state index in [1.165, 1.54) is 84.0 Å². The number of hydrogen-bond donors (Lipinski definition) is 0. The maximum absolute atomic E-state index is 5.29. The number of rotatable bonds is 11.